The highest BCUT2D eigenvalue weighted by Crippen LogP contribution is 2.13. The fraction of sp³-hybridized carbons (Fsp3) is 0.538. The predicted molar refractivity (Wildman–Crippen MR) is 74.2 cm³/mol. The lowest BCUT2D eigenvalue weighted by atomic mass is 10.2. The maximum absolute atomic E-state index is 12.2. The van der Waals surface area contributed by atoms with Gasteiger partial charge in [0.25, 0.3) is 0 Å². The zero-order valence-corrected chi connectivity index (χ0v) is 11.9. The largest absolute Gasteiger partial charge is 0.326 e. The van der Waals surface area contributed by atoms with Gasteiger partial charge in [-0.25, -0.2) is 8.42 Å². The molecule has 0 atom stereocenters. The van der Waals surface area contributed by atoms with Gasteiger partial charge in [0.2, 0.25) is 0 Å². The minimum Gasteiger partial charge on any atom is -0.326 e. The van der Waals surface area contributed by atoms with Crippen molar-refractivity contribution in [3.63, 3.8) is 0 Å². The molecule has 0 aliphatic rings. The van der Waals surface area contributed by atoms with E-state index in [2.05, 4.69) is 4.90 Å². The van der Waals surface area contributed by atoms with Crippen LogP contribution in [0.4, 0.5) is 0 Å². The van der Waals surface area contributed by atoms with E-state index in [1.54, 1.807) is 18.2 Å². The fourth-order valence-corrected chi connectivity index (χ4v) is 3.12. The summed E-state index contributed by atoms with van der Waals surface area (Å²) in [6.45, 7) is 6.74. The zero-order chi connectivity index (χ0) is 13.6. The van der Waals surface area contributed by atoms with Crippen molar-refractivity contribution in [1.82, 2.24) is 4.90 Å². The van der Waals surface area contributed by atoms with Gasteiger partial charge >= 0.3 is 0 Å². The van der Waals surface area contributed by atoms with Gasteiger partial charge in [-0.05, 0) is 30.8 Å². The summed E-state index contributed by atoms with van der Waals surface area (Å²) in [6, 6.07) is 6.88. The molecule has 0 spiro atoms. The Labute approximate surface area is 110 Å². The minimum atomic E-state index is -3.21. The molecule has 0 saturated heterocycles. The van der Waals surface area contributed by atoms with E-state index in [0.717, 1.165) is 18.7 Å². The minimum absolute atomic E-state index is 0.155. The Hall–Kier alpha value is -0.910. The molecule has 18 heavy (non-hydrogen) atoms. The fourth-order valence-electron chi connectivity index (χ4n) is 1.77. The van der Waals surface area contributed by atoms with E-state index in [1.165, 1.54) is 0 Å². The van der Waals surface area contributed by atoms with Crippen LogP contribution < -0.4 is 5.73 Å². The predicted octanol–water partition coefficient (Wildman–Crippen LogP) is 1.26. The highest BCUT2D eigenvalue weighted by Gasteiger charge is 2.15. The van der Waals surface area contributed by atoms with E-state index in [9.17, 15) is 8.42 Å². The molecule has 0 saturated carbocycles. The van der Waals surface area contributed by atoms with Crippen LogP contribution in [0, 0.1) is 0 Å². The van der Waals surface area contributed by atoms with Gasteiger partial charge in [-0.2, -0.15) is 0 Å². The average molecular weight is 270 g/mol. The summed E-state index contributed by atoms with van der Waals surface area (Å²) in [7, 11) is -3.21. The first-order valence-electron chi connectivity index (χ1n) is 6.27. The smallest absolute Gasteiger partial charge is 0.179 e. The summed E-state index contributed by atoms with van der Waals surface area (Å²) in [5.41, 5.74) is 6.37. The van der Waals surface area contributed by atoms with Gasteiger partial charge in [-0.3, -0.25) is 0 Å². The number of rotatable bonds is 7. The molecule has 0 aliphatic carbocycles. The second-order valence-electron chi connectivity index (χ2n) is 4.20. The third-order valence-corrected chi connectivity index (χ3v) is 4.76. The van der Waals surface area contributed by atoms with Crippen LogP contribution in [0.1, 0.15) is 19.4 Å². The van der Waals surface area contributed by atoms with Crippen LogP contribution in [0.3, 0.4) is 0 Å². The number of nitrogens with zero attached hydrogens (tertiary/aromatic N) is 1. The highest BCUT2D eigenvalue weighted by molar-refractivity contribution is 7.91. The van der Waals surface area contributed by atoms with E-state index in [4.69, 9.17) is 5.73 Å². The van der Waals surface area contributed by atoms with Crippen LogP contribution in [0.25, 0.3) is 0 Å². The van der Waals surface area contributed by atoms with Crippen LogP contribution in [0.15, 0.2) is 29.2 Å². The maximum atomic E-state index is 12.2. The van der Waals surface area contributed by atoms with E-state index in [-0.39, 0.29) is 5.75 Å². The maximum Gasteiger partial charge on any atom is 0.179 e. The molecule has 0 unspecified atom stereocenters. The second kappa shape index (κ2) is 6.87. The highest BCUT2D eigenvalue weighted by atomic mass is 32.2. The Morgan fingerprint density at radius 1 is 1.22 bits per heavy atom. The van der Waals surface area contributed by atoms with Crippen LogP contribution >= 0.6 is 0 Å². The summed E-state index contributed by atoms with van der Waals surface area (Å²) >= 11 is 0. The lowest BCUT2D eigenvalue weighted by Crippen LogP contribution is -2.29. The topological polar surface area (TPSA) is 63.4 Å². The van der Waals surface area contributed by atoms with Crippen molar-refractivity contribution in [2.45, 2.75) is 25.3 Å². The lowest BCUT2D eigenvalue weighted by Gasteiger charge is -2.17. The Morgan fingerprint density at radius 2 is 1.89 bits per heavy atom. The first-order chi connectivity index (χ1) is 8.53. The molecule has 0 fully saturated rings. The van der Waals surface area contributed by atoms with Gasteiger partial charge < -0.3 is 10.6 Å². The number of sulfone groups is 1. The molecule has 0 amide bonds. The van der Waals surface area contributed by atoms with Gasteiger partial charge in [-0.1, -0.05) is 26.0 Å². The van der Waals surface area contributed by atoms with E-state index < -0.39 is 9.84 Å². The molecule has 0 bridgehead atoms. The lowest BCUT2D eigenvalue weighted by molar-refractivity contribution is 0.321. The van der Waals surface area contributed by atoms with Crippen molar-refractivity contribution in [3.05, 3.63) is 29.8 Å². The number of hydrogen-bond acceptors (Lipinski definition) is 4. The molecule has 0 aliphatic heterocycles. The average Bonchev–Trinajstić information content (AvgIpc) is 2.40. The van der Waals surface area contributed by atoms with Crippen molar-refractivity contribution in [2.24, 2.45) is 5.73 Å². The molecule has 0 aromatic heterocycles. The van der Waals surface area contributed by atoms with Crippen molar-refractivity contribution < 1.29 is 8.42 Å². The molecular formula is C13H22N2O2S. The summed E-state index contributed by atoms with van der Waals surface area (Å²) in [4.78, 5) is 2.47. The van der Waals surface area contributed by atoms with Crippen molar-refractivity contribution in [2.75, 3.05) is 25.4 Å². The molecule has 0 heterocycles. The van der Waals surface area contributed by atoms with Crippen LogP contribution in [-0.2, 0) is 16.4 Å². The Kier molecular flexibility index (Phi) is 5.78. The van der Waals surface area contributed by atoms with Crippen LogP contribution in [0.5, 0.6) is 0 Å². The Balaban J connectivity index is 2.79. The van der Waals surface area contributed by atoms with E-state index in [0.29, 0.717) is 18.0 Å². The van der Waals surface area contributed by atoms with Crippen molar-refractivity contribution >= 4 is 9.84 Å². The first-order valence-corrected chi connectivity index (χ1v) is 7.92. The standard InChI is InChI=1S/C13H22N2O2S/c1-3-15(4-2)8-9-18(16,17)13-7-5-6-12(10-13)11-14/h5-7,10H,3-4,8-9,11,14H2,1-2H3. The van der Waals surface area contributed by atoms with Gasteiger partial charge in [0, 0.05) is 13.1 Å². The molecule has 102 valence electrons. The van der Waals surface area contributed by atoms with Gasteiger partial charge in [0.05, 0.1) is 10.6 Å². The van der Waals surface area contributed by atoms with Crippen LogP contribution in [0.2, 0.25) is 0 Å². The van der Waals surface area contributed by atoms with Crippen molar-refractivity contribution in [3.8, 4) is 0 Å². The third kappa shape index (κ3) is 4.08. The van der Waals surface area contributed by atoms with Crippen LogP contribution in [-0.4, -0.2) is 38.7 Å². The van der Waals surface area contributed by atoms with Gasteiger partial charge in [-0.15, -0.1) is 0 Å². The molecule has 1 aromatic carbocycles. The molecule has 2 N–H and O–H groups in total. The Bertz CT molecular complexity index is 468. The summed E-state index contributed by atoms with van der Waals surface area (Å²) in [5, 5.41) is 0. The number of hydrogen-bond donors (Lipinski definition) is 1. The van der Waals surface area contributed by atoms with Crippen molar-refractivity contribution in [1.29, 1.82) is 0 Å². The van der Waals surface area contributed by atoms with E-state index >= 15 is 0 Å². The van der Waals surface area contributed by atoms with Gasteiger partial charge in [0.15, 0.2) is 9.84 Å². The summed E-state index contributed by atoms with van der Waals surface area (Å²) in [6.07, 6.45) is 0. The molecule has 1 rings (SSSR count). The molecule has 5 heteroatoms. The van der Waals surface area contributed by atoms with Gasteiger partial charge in [0.1, 0.15) is 0 Å². The second-order valence-corrected chi connectivity index (χ2v) is 6.31. The zero-order valence-electron chi connectivity index (χ0n) is 11.1. The van der Waals surface area contributed by atoms with E-state index in [1.807, 2.05) is 19.9 Å². The summed E-state index contributed by atoms with van der Waals surface area (Å²) < 4.78 is 24.3. The molecule has 4 nitrogen and oxygen atoms in total. The molecule has 1 aromatic rings. The Morgan fingerprint density at radius 3 is 2.44 bits per heavy atom. The quantitative estimate of drug-likeness (QED) is 0.810. The SMILES string of the molecule is CCN(CC)CCS(=O)(=O)c1cccc(CN)c1. The number of benzene rings is 1. The normalized spacial score (nSPS) is 12.0. The summed E-state index contributed by atoms with van der Waals surface area (Å²) in [5.74, 6) is 0.155. The molecule has 0 radical (unpaired) electrons. The first kappa shape index (κ1) is 15.1. The monoisotopic (exact) mass is 270 g/mol. The third-order valence-electron chi connectivity index (χ3n) is 3.06. The number of nitrogens with two attached hydrogens (primary N) is 1. The molecular weight excluding hydrogens is 248 g/mol.